The Morgan fingerprint density at radius 3 is 2.42 bits per heavy atom. The van der Waals surface area contributed by atoms with Crippen LogP contribution in [0.1, 0.15) is 5.56 Å². The highest BCUT2D eigenvalue weighted by atomic mass is 16.5. The van der Waals surface area contributed by atoms with Crippen LogP contribution >= 0.6 is 0 Å². The summed E-state index contributed by atoms with van der Waals surface area (Å²) in [5.74, 6) is 3.45. The molecule has 36 heavy (non-hydrogen) atoms. The Morgan fingerprint density at radius 1 is 0.722 bits per heavy atom. The van der Waals surface area contributed by atoms with Crippen LogP contribution in [0.2, 0.25) is 0 Å². The van der Waals surface area contributed by atoms with Crippen LogP contribution in [0.5, 0.6) is 23.0 Å². The second kappa shape index (κ2) is 7.02. The van der Waals surface area contributed by atoms with Gasteiger partial charge >= 0.3 is 0 Å². The fraction of sp³-hybridized carbons (Fsp3) is 0.0645. The number of aryl methyl sites for hydroxylation is 2. The molecule has 0 bridgehead atoms. The standard InChI is InChI=1S/C31H21BNO3/c1-18-13-14-19-28-24(35-30(19)27(18)22-9-5-6-17-33(22)2)16-15-21-31(28)36-26-12-7-11-25-29(26)32(21)20-8-3-4-10-23(20)34-25/h3-17H,1-2H3/q+1. The largest absolute Gasteiger partial charge is 0.458 e. The smallest absolute Gasteiger partial charge is 0.260 e. The van der Waals surface area contributed by atoms with Crippen LogP contribution in [-0.2, 0) is 7.05 Å². The van der Waals surface area contributed by atoms with Crippen LogP contribution in [0.25, 0.3) is 33.2 Å². The van der Waals surface area contributed by atoms with Crippen molar-refractivity contribution < 1.29 is 18.5 Å². The average Bonchev–Trinajstić information content (AvgIpc) is 3.28. The SMILES string of the molecule is Cc1ccc2c(oc3ccc4c(c32)Oc2cccc3c2B4c2ccccc2O3)c1-c1cccc[n+]1C. The van der Waals surface area contributed by atoms with Crippen molar-refractivity contribution in [2.45, 2.75) is 6.92 Å². The molecule has 2 aromatic heterocycles. The van der Waals surface area contributed by atoms with Gasteiger partial charge in [0.05, 0.1) is 10.9 Å². The number of pyridine rings is 1. The topological polar surface area (TPSA) is 35.5 Å². The number of benzene rings is 4. The second-order valence-corrected chi connectivity index (χ2v) is 9.63. The lowest BCUT2D eigenvalue weighted by molar-refractivity contribution is -0.660. The van der Waals surface area contributed by atoms with E-state index in [1.54, 1.807) is 0 Å². The highest BCUT2D eigenvalue weighted by molar-refractivity contribution is 6.98. The first-order valence-electron chi connectivity index (χ1n) is 12.2. The minimum atomic E-state index is 0.0380. The number of nitrogens with zero attached hydrogens (tertiary/aromatic N) is 1. The van der Waals surface area contributed by atoms with Gasteiger partial charge in [-0.05, 0) is 53.7 Å². The predicted molar refractivity (Wildman–Crippen MR) is 143 cm³/mol. The number of hydrogen-bond acceptors (Lipinski definition) is 3. The predicted octanol–water partition coefficient (Wildman–Crippen LogP) is 5.11. The number of para-hydroxylation sites is 1. The number of ether oxygens (including phenoxy) is 2. The molecule has 2 aliphatic rings. The summed E-state index contributed by atoms with van der Waals surface area (Å²) in [4.78, 5) is 0. The van der Waals surface area contributed by atoms with E-state index in [-0.39, 0.29) is 6.71 Å². The molecule has 4 heterocycles. The van der Waals surface area contributed by atoms with Crippen molar-refractivity contribution in [1.82, 2.24) is 0 Å². The summed E-state index contributed by atoms with van der Waals surface area (Å²) in [6, 6.07) is 29.2. The van der Waals surface area contributed by atoms with Crippen molar-refractivity contribution in [3.63, 3.8) is 0 Å². The first kappa shape index (κ1) is 19.8. The molecule has 4 aromatic carbocycles. The van der Waals surface area contributed by atoms with Gasteiger partial charge in [0, 0.05) is 23.0 Å². The van der Waals surface area contributed by atoms with Gasteiger partial charge in [-0.15, -0.1) is 0 Å². The molecule has 2 aliphatic heterocycles. The Hall–Kier alpha value is -4.51. The van der Waals surface area contributed by atoms with Gasteiger partial charge in [-0.3, -0.25) is 0 Å². The van der Waals surface area contributed by atoms with Gasteiger partial charge < -0.3 is 13.9 Å². The van der Waals surface area contributed by atoms with Gasteiger partial charge in [0.15, 0.2) is 6.20 Å². The van der Waals surface area contributed by atoms with Crippen LogP contribution < -0.4 is 30.4 Å². The summed E-state index contributed by atoms with van der Waals surface area (Å²) >= 11 is 0. The summed E-state index contributed by atoms with van der Waals surface area (Å²) in [6.07, 6.45) is 2.07. The number of furan rings is 1. The van der Waals surface area contributed by atoms with E-state index in [0.717, 1.165) is 72.6 Å². The van der Waals surface area contributed by atoms with E-state index in [4.69, 9.17) is 13.9 Å². The monoisotopic (exact) mass is 466 g/mol. The molecule has 0 fully saturated rings. The lowest BCUT2D eigenvalue weighted by Crippen LogP contribution is -2.57. The molecule has 0 radical (unpaired) electrons. The molecular formula is C31H21BNO3+. The van der Waals surface area contributed by atoms with E-state index in [1.165, 1.54) is 5.56 Å². The van der Waals surface area contributed by atoms with Gasteiger partial charge in [-0.25, -0.2) is 4.57 Å². The number of fused-ring (bicyclic) bond motifs is 8. The third-order valence-electron chi connectivity index (χ3n) is 7.60. The Bertz CT molecular complexity index is 1890. The molecule has 170 valence electrons. The zero-order chi connectivity index (χ0) is 24.0. The summed E-state index contributed by atoms with van der Waals surface area (Å²) in [5.41, 5.74) is 8.48. The zero-order valence-electron chi connectivity index (χ0n) is 19.9. The van der Waals surface area contributed by atoms with E-state index in [2.05, 4.69) is 73.3 Å². The molecule has 0 saturated heterocycles. The van der Waals surface area contributed by atoms with E-state index < -0.39 is 0 Å². The first-order chi connectivity index (χ1) is 17.7. The quantitative estimate of drug-likeness (QED) is 0.249. The maximum absolute atomic E-state index is 6.67. The van der Waals surface area contributed by atoms with Crippen molar-refractivity contribution in [2.24, 2.45) is 7.05 Å². The van der Waals surface area contributed by atoms with Gasteiger partial charge in [0.1, 0.15) is 41.2 Å². The Kier molecular flexibility index (Phi) is 3.85. The molecule has 4 nitrogen and oxygen atoms in total. The zero-order valence-corrected chi connectivity index (χ0v) is 19.9. The second-order valence-electron chi connectivity index (χ2n) is 9.63. The number of hydrogen-bond donors (Lipinski definition) is 0. The van der Waals surface area contributed by atoms with Crippen LogP contribution in [0, 0.1) is 6.92 Å². The van der Waals surface area contributed by atoms with Gasteiger partial charge in [-0.1, -0.05) is 42.5 Å². The molecule has 0 saturated carbocycles. The maximum Gasteiger partial charge on any atom is 0.260 e. The summed E-state index contributed by atoms with van der Waals surface area (Å²) in [6.45, 7) is 2.17. The van der Waals surface area contributed by atoms with E-state index in [0.29, 0.717) is 0 Å². The summed E-state index contributed by atoms with van der Waals surface area (Å²) in [7, 11) is 2.07. The highest BCUT2D eigenvalue weighted by Crippen LogP contribution is 2.43. The normalized spacial score (nSPS) is 13.1. The average molecular weight is 466 g/mol. The molecule has 6 aromatic rings. The summed E-state index contributed by atoms with van der Waals surface area (Å²) in [5, 5.41) is 2.08. The van der Waals surface area contributed by atoms with Crippen molar-refractivity contribution in [1.29, 1.82) is 0 Å². The Morgan fingerprint density at radius 2 is 1.53 bits per heavy atom. The van der Waals surface area contributed by atoms with Crippen molar-refractivity contribution >= 4 is 45.0 Å². The van der Waals surface area contributed by atoms with Gasteiger partial charge in [0.25, 0.3) is 6.71 Å². The number of aromatic nitrogens is 1. The van der Waals surface area contributed by atoms with Crippen LogP contribution in [0.15, 0.2) is 95.5 Å². The fourth-order valence-electron chi connectivity index (χ4n) is 5.96. The Labute approximate surface area is 208 Å². The lowest BCUT2D eigenvalue weighted by Gasteiger charge is -2.32. The molecular weight excluding hydrogens is 445 g/mol. The molecule has 0 aliphatic carbocycles. The van der Waals surface area contributed by atoms with Gasteiger partial charge in [0.2, 0.25) is 5.69 Å². The van der Waals surface area contributed by atoms with Crippen molar-refractivity contribution in [3.05, 3.63) is 96.7 Å². The van der Waals surface area contributed by atoms with Crippen LogP contribution in [0.3, 0.4) is 0 Å². The number of rotatable bonds is 1. The van der Waals surface area contributed by atoms with Crippen LogP contribution in [-0.4, -0.2) is 6.71 Å². The van der Waals surface area contributed by atoms with E-state index in [9.17, 15) is 0 Å². The van der Waals surface area contributed by atoms with Gasteiger partial charge in [-0.2, -0.15) is 0 Å². The van der Waals surface area contributed by atoms with E-state index in [1.807, 2.05) is 36.4 Å². The molecule has 0 N–H and O–H groups in total. The minimum Gasteiger partial charge on any atom is -0.458 e. The molecule has 0 spiro atoms. The third kappa shape index (κ3) is 2.52. The van der Waals surface area contributed by atoms with Crippen LogP contribution in [0.4, 0.5) is 0 Å². The first-order valence-corrected chi connectivity index (χ1v) is 12.2. The molecule has 0 atom stereocenters. The molecule has 8 rings (SSSR count). The lowest BCUT2D eigenvalue weighted by atomic mass is 9.35. The van der Waals surface area contributed by atoms with E-state index >= 15 is 0 Å². The third-order valence-corrected chi connectivity index (χ3v) is 7.60. The Balaban J connectivity index is 1.46. The molecule has 0 amide bonds. The molecule has 5 heteroatoms. The molecule has 0 unspecified atom stereocenters. The maximum atomic E-state index is 6.67. The highest BCUT2D eigenvalue weighted by Gasteiger charge is 2.41. The van der Waals surface area contributed by atoms with Crippen molar-refractivity contribution in [3.8, 4) is 34.3 Å². The minimum absolute atomic E-state index is 0.0380. The summed E-state index contributed by atoms with van der Waals surface area (Å²) < 4.78 is 21.7. The fourth-order valence-corrected chi connectivity index (χ4v) is 5.96. The van der Waals surface area contributed by atoms with Crippen molar-refractivity contribution in [2.75, 3.05) is 0 Å².